The lowest BCUT2D eigenvalue weighted by molar-refractivity contribution is -0.123. The molecule has 0 fully saturated rings. The number of benzene rings is 3. The first-order valence-electron chi connectivity index (χ1n) is 11.6. The Bertz CT molecular complexity index is 1510. The van der Waals surface area contributed by atoms with E-state index in [0.29, 0.717) is 17.0 Å². The average Bonchev–Trinajstić information content (AvgIpc) is 3.58. The highest BCUT2D eigenvalue weighted by atomic mass is 35.5. The smallest absolute Gasteiger partial charge is 0.253 e. The maximum atomic E-state index is 13.4. The number of nitrogens with zero attached hydrogens (tertiary/aromatic N) is 2. The van der Waals surface area contributed by atoms with E-state index in [1.54, 1.807) is 35.1 Å². The highest BCUT2D eigenvalue weighted by molar-refractivity contribution is 6.33. The molecule has 1 unspecified atom stereocenters. The molecule has 0 radical (unpaired) electrons. The van der Waals surface area contributed by atoms with Gasteiger partial charge in [-0.3, -0.25) is 9.59 Å². The van der Waals surface area contributed by atoms with Gasteiger partial charge < -0.3 is 15.6 Å². The molecule has 36 heavy (non-hydrogen) atoms. The molecule has 2 heterocycles. The van der Waals surface area contributed by atoms with Crippen molar-refractivity contribution in [3.05, 3.63) is 119 Å². The molecule has 3 aromatic carbocycles. The van der Waals surface area contributed by atoms with Crippen LogP contribution < -0.4 is 10.6 Å². The van der Waals surface area contributed by atoms with E-state index >= 15 is 0 Å². The van der Waals surface area contributed by atoms with Gasteiger partial charge in [-0.1, -0.05) is 60.1 Å². The summed E-state index contributed by atoms with van der Waals surface area (Å²) in [6, 6.07) is 23.4. The summed E-state index contributed by atoms with van der Waals surface area (Å²) in [5.74, 6) is -0.700. The summed E-state index contributed by atoms with van der Waals surface area (Å²) >= 11 is 6.24. The molecule has 0 saturated heterocycles. The molecule has 0 spiro atoms. The maximum Gasteiger partial charge on any atom is 0.253 e. The summed E-state index contributed by atoms with van der Waals surface area (Å²) in [4.78, 5) is 29.7. The topological polar surface area (TPSA) is 91.8 Å². The number of fused-ring (bicyclic) bond motifs is 1. The van der Waals surface area contributed by atoms with Gasteiger partial charge in [-0.15, -0.1) is 0 Å². The lowest BCUT2D eigenvalue weighted by atomic mass is 10.0. The molecule has 2 aromatic heterocycles. The normalized spacial score (nSPS) is 11.8. The van der Waals surface area contributed by atoms with Gasteiger partial charge in [0.25, 0.3) is 5.91 Å². The summed E-state index contributed by atoms with van der Waals surface area (Å²) in [5, 5.41) is 11.5. The molecule has 1 atom stereocenters. The summed E-state index contributed by atoms with van der Waals surface area (Å²) in [7, 11) is 0. The summed E-state index contributed by atoms with van der Waals surface area (Å²) < 4.78 is 1.75. The van der Waals surface area contributed by atoms with Crippen LogP contribution in [0.2, 0.25) is 5.02 Å². The first kappa shape index (κ1) is 23.4. The zero-order valence-corrected chi connectivity index (χ0v) is 20.1. The van der Waals surface area contributed by atoms with E-state index in [2.05, 4.69) is 20.7 Å². The van der Waals surface area contributed by atoms with Crippen LogP contribution in [0.5, 0.6) is 0 Å². The highest BCUT2D eigenvalue weighted by Crippen LogP contribution is 2.20. The van der Waals surface area contributed by atoms with Gasteiger partial charge >= 0.3 is 0 Å². The first-order valence-corrected chi connectivity index (χ1v) is 11.9. The minimum Gasteiger partial charge on any atom is -0.361 e. The van der Waals surface area contributed by atoms with Gasteiger partial charge in [0, 0.05) is 42.5 Å². The SMILES string of the molecule is O=C(NC(Cc1c[nH]c2ccccc12)C(=O)NCc1ccccc1-n1cccn1)c1ccccc1Cl. The van der Waals surface area contributed by atoms with Crippen molar-refractivity contribution in [1.29, 1.82) is 0 Å². The van der Waals surface area contributed by atoms with Crippen molar-refractivity contribution in [3.63, 3.8) is 0 Å². The van der Waals surface area contributed by atoms with Gasteiger partial charge in [0.15, 0.2) is 0 Å². The van der Waals surface area contributed by atoms with Crippen molar-refractivity contribution in [1.82, 2.24) is 25.4 Å². The Morgan fingerprint density at radius 3 is 2.56 bits per heavy atom. The molecule has 7 nitrogen and oxygen atoms in total. The number of halogens is 1. The fraction of sp³-hybridized carbons (Fsp3) is 0.107. The van der Waals surface area contributed by atoms with Crippen LogP contribution in [0.1, 0.15) is 21.5 Å². The fourth-order valence-corrected chi connectivity index (χ4v) is 4.43. The van der Waals surface area contributed by atoms with E-state index < -0.39 is 11.9 Å². The second kappa shape index (κ2) is 10.5. The van der Waals surface area contributed by atoms with Gasteiger partial charge in [-0.05, 0) is 41.5 Å². The van der Waals surface area contributed by atoms with Gasteiger partial charge in [-0.25, -0.2) is 4.68 Å². The number of nitrogens with one attached hydrogen (secondary N) is 3. The van der Waals surface area contributed by atoms with Gasteiger partial charge in [0.05, 0.1) is 16.3 Å². The molecule has 0 aliphatic rings. The van der Waals surface area contributed by atoms with E-state index in [0.717, 1.165) is 27.7 Å². The van der Waals surface area contributed by atoms with Crippen LogP contribution in [-0.2, 0) is 17.8 Å². The molecular formula is C28H24ClN5O2. The predicted octanol–water partition coefficient (Wildman–Crippen LogP) is 4.66. The number of carbonyl (C=O) groups excluding carboxylic acids is 2. The van der Waals surface area contributed by atoms with Crippen molar-refractivity contribution in [2.24, 2.45) is 0 Å². The number of H-pyrrole nitrogens is 1. The summed E-state index contributed by atoms with van der Waals surface area (Å²) in [6.07, 6.45) is 5.74. The van der Waals surface area contributed by atoms with Crippen molar-refractivity contribution in [2.45, 2.75) is 19.0 Å². The fourth-order valence-electron chi connectivity index (χ4n) is 4.21. The summed E-state index contributed by atoms with van der Waals surface area (Å²) in [6.45, 7) is 0.279. The molecule has 8 heteroatoms. The van der Waals surface area contributed by atoms with Crippen LogP contribution >= 0.6 is 11.6 Å². The molecular weight excluding hydrogens is 474 g/mol. The lowest BCUT2D eigenvalue weighted by Gasteiger charge is -2.19. The number of hydrogen-bond acceptors (Lipinski definition) is 3. The zero-order chi connectivity index (χ0) is 24.9. The quantitative estimate of drug-likeness (QED) is 0.291. The Hall–Kier alpha value is -4.36. The molecule has 5 aromatic rings. The average molecular weight is 498 g/mol. The van der Waals surface area contributed by atoms with Crippen molar-refractivity contribution in [3.8, 4) is 5.69 Å². The number of aromatic nitrogens is 3. The van der Waals surface area contributed by atoms with Crippen LogP contribution in [0.4, 0.5) is 0 Å². The van der Waals surface area contributed by atoms with E-state index in [1.165, 1.54) is 0 Å². The number of amides is 2. The van der Waals surface area contributed by atoms with Crippen molar-refractivity contribution < 1.29 is 9.59 Å². The minimum absolute atomic E-state index is 0.279. The zero-order valence-electron chi connectivity index (χ0n) is 19.3. The van der Waals surface area contributed by atoms with Crippen molar-refractivity contribution in [2.75, 3.05) is 0 Å². The van der Waals surface area contributed by atoms with Gasteiger partial charge in [0.2, 0.25) is 5.91 Å². The number of rotatable bonds is 8. The Morgan fingerprint density at radius 1 is 0.944 bits per heavy atom. The molecule has 2 amide bonds. The molecule has 3 N–H and O–H groups in total. The van der Waals surface area contributed by atoms with Crippen LogP contribution in [0.3, 0.4) is 0 Å². The Labute approximate surface area is 213 Å². The van der Waals surface area contributed by atoms with E-state index in [-0.39, 0.29) is 12.5 Å². The maximum absolute atomic E-state index is 13.4. The number of carbonyl (C=O) groups is 2. The molecule has 0 aliphatic heterocycles. The van der Waals surface area contributed by atoms with Crippen LogP contribution in [-0.4, -0.2) is 32.6 Å². The van der Waals surface area contributed by atoms with Crippen LogP contribution in [0, 0.1) is 0 Å². The largest absolute Gasteiger partial charge is 0.361 e. The standard InChI is InChI=1S/C28H24ClN5O2/c29-23-11-4-2-10-22(23)27(35)33-25(16-20-18-30-24-12-5-3-9-21(20)24)28(36)31-17-19-8-1-6-13-26(19)34-15-7-14-32-34/h1-15,18,25,30H,16-17H2,(H,31,36)(H,33,35). The summed E-state index contributed by atoms with van der Waals surface area (Å²) in [5.41, 5.74) is 3.99. The van der Waals surface area contributed by atoms with Gasteiger partial charge in [0.1, 0.15) is 6.04 Å². The lowest BCUT2D eigenvalue weighted by Crippen LogP contribution is -2.48. The van der Waals surface area contributed by atoms with Crippen molar-refractivity contribution >= 4 is 34.3 Å². The third-order valence-electron chi connectivity index (χ3n) is 6.04. The van der Waals surface area contributed by atoms with E-state index in [9.17, 15) is 9.59 Å². The minimum atomic E-state index is -0.815. The van der Waals surface area contributed by atoms with E-state index in [1.807, 2.05) is 67.0 Å². The third-order valence-corrected chi connectivity index (χ3v) is 6.36. The van der Waals surface area contributed by atoms with E-state index in [4.69, 9.17) is 11.6 Å². The highest BCUT2D eigenvalue weighted by Gasteiger charge is 2.24. The van der Waals surface area contributed by atoms with Gasteiger partial charge in [-0.2, -0.15) is 5.10 Å². The first-order chi connectivity index (χ1) is 17.6. The molecule has 180 valence electrons. The Balaban J connectivity index is 1.38. The third kappa shape index (κ3) is 5.01. The predicted molar refractivity (Wildman–Crippen MR) is 140 cm³/mol. The van der Waals surface area contributed by atoms with Crippen LogP contribution in [0.15, 0.2) is 97.5 Å². The Morgan fingerprint density at radius 2 is 1.72 bits per heavy atom. The Kier molecular flexibility index (Phi) is 6.82. The molecule has 5 rings (SSSR count). The molecule has 0 bridgehead atoms. The number of hydrogen-bond donors (Lipinski definition) is 3. The van der Waals surface area contributed by atoms with Crippen LogP contribution in [0.25, 0.3) is 16.6 Å². The monoisotopic (exact) mass is 497 g/mol. The second-order valence-electron chi connectivity index (χ2n) is 8.37. The molecule has 0 saturated carbocycles. The molecule has 0 aliphatic carbocycles. The number of para-hydroxylation sites is 2. The second-order valence-corrected chi connectivity index (χ2v) is 8.77. The number of aromatic amines is 1.